The van der Waals surface area contributed by atoms with Gasteiger partial charge in [-0.15, -0.1) is 0 Å². The average molecular weight is 250 g/mol. The number of likely N-dealkylation sites (tertiary alicyclic amines) is 1. The molecule has 4 heteroatoms. The number of aromatic nitrogens is 2. The van der Waals surface area contributed by atoms with Gasteiger partial charge in [-0.25, -0.2) is 0 Å². The lowest BCUT2D eigenvalue weighted by Crippen LogP contribution is -2.46. The summed E-state index contributed by atoms with van der Waals surface area (Å²) in [6, 6.07) is 1.70. The molecule has 1 aromatic rings. The first kappa shape index (κ1) is 13.6. The van der Waals surface area contributed by atoms with Crippen molar-refractivity contribution in [1.82, 2.24) is 20.0 Å². The predicted molar refractivity (Wildman–Crippen MR) is 74.6 cm³/mol. The summed E-state index contributed by atoms with van der Waals surface area (Å²) >= 11 is 0. The molecule has 0 amide bonds. The third kappa shape index (κ3) is 2.93. The van der Waals surface area contributed by atoms with Gasteiger partial charge >= 0.3 is 0 Å². The molecule has 0 bridgehead atoms. The van der Waals surface area contributed by atoms with Crippen LogP contribution < -0.4 is 5.32 Å². The topological polar surface area (TPSA) is 33.1 Å². The molecule has 1 fully saturated rings. The smallest absolute Gasteiger partial charge is 0.0641 e. The van der Waals surface area contributed by atoms with Crippen molar-refractivity contribution < 1.29 is 0 Å². The number of hydrogen-bond acceptors (Lipinski definition) is 3. The molecule has 2 heterocycles. The number of nitrogens with zero attached hydrogens (tertiary/aromatic N) is 3. The quantitative estimate of drug-likeness (QED) is 0.889. The molecule has 3 atom stereocenters. The molecular formula is C14H26N4. The van der Waals surface area contributed by atoms with Crippen LogP contribution in [0.3, 0.4) is 0 Å². The minimum Gasteiger partial charge on any atom is -0.307 e. The van der Waals surface area contributed by atoms with Gasteiger partial charge in [0, 0.05) is 36.9 Å². The van der Waals surface area contributed by atoms with E-state index in [1.807, 2.05) is 11.7 Å². The minimum absolute atomic E-state index is 0.388. The zero-order valence-corrected chi connectivity index (χ0v) is 12.3. The standard InChI is InChI=1S/C14H26N4/c1-10-8-13(6-7-17(10)4)15-11(2)14-9-18(5)16-12(14)3/h9-11,13,15H,6-8H2,1-5H3. The molecule has 1 aromatic heterocycles. The van der Waals surface area contributed by atoms with Crippen LogP contribution in [0.2, 0.25) is 0 Å². The van der Waals surface area contributed by atoms with Crippen LogP contribution in [0, 0.1) is 6.92 Å². The lowest BCUT2D eigenvalue weighted by Gasteiger charge is -2.36. The van der Waals surface area contributed by atoms with E-state index in [0.29, 0.717) is 18.1 Å². The molecule has 2 rings (SSSR count). The van der Waals surface area contributed by atoms with Crippen LogP contribution in [0.15, 0.2) is 6.20 Å². The molecule has 18 heavy (non-hydrogen) atoms. The third-order valence-corrected chi connectivity index (χ3v) is 4.21. The fourth-order valence-electron chi connectivity index (χ4n) is 2.93. The molecule has 1 saturated heterocycles. The summed E-state index contributed by atoms with van der Waals surface area (Å²) in [6.45, 7) is 7.84. The average Bonchev–Trinajstić information content (AvgIpc) is 2.63. The van der Waals surface area contributed by atoms with E-state index in [1.54, 1.807) is 0 Å². The number of nitrogens with one attached hydrogen (secondary N) is 1. The Morgan fingerprint density at radius 2 is 2.17 bits per heavy atom. The molecule has 0 radical (unpaired) electrons. The first-order chi connectivity index (χ1) is 8.47. The van der Waals surface area contributed by atoms with Crippen LogP contribution in [0.4, 0.5) is 0 Å². The molecule has 0 saturated carbocycles. The monoisotopic (exact) mass is 250 g/mol. The van der Waals surface area contributed by atoms with E-state index in [-0.39, 0.29) is 0 Å². The molecule has 1 aliphatic heterocycles. The maximum absolute atomic E-state index is 4.42. The first-order valence-electron chi connectivity index (χ1n) is 6.93. The molecule has 102 valence electrons. The Labute approximate surface area is 110 Å². The lowest BCUT2D eigenvalue weighted by atomic mass is 9.97. The van der Waals surface area contributed by atoms with E-state index in [0.717, 1.165) is 5.69 Å². The maximum atomic E-state index is 4.42. The summed E-state index contributed by atoms with van der Waals surface area (Å²) in [6.07, 6.45) is 4.61. The van der Waals surface area contributed by atoms with Gasteiger partial charge in [0.2, 0.25) is 0 Å². The van der Waals surface area contributed by atoms with Gasteiger partial charge in [0.05, 0.1) is 5.69 Å². The molecule has 0 aromatic carbocycles. The van der Waals surface area contributed by atoms with E-state index in [4.69, 9.17) is 0 Å². The van der Waals surface area contributed by atoms with Crippen molar-refractivity contribution in [1.29, 1.82) is 0 Å². The Hall–Kier alpha value is -0.870. The molecule has 0 spiro atoms. The van der Waals surface area contributed by atoms with Gasteiger partial charge in [-0.1, -0.05) is 0 Å². The van der Waals surface area contributed by atoms with Crippen LogP contribution in [0.1, 0.15) is 44.0 Å². The van der Waals surface area contributed by atoms with E-state index in [2.05, 4.69) is 49.3 Å². The summed E-state index contributed by atoms with van der Waals surface area (Å²) < 4.78 is 1.90. The summed E-state index contributed by atoms with van der Waals surface area (Å²) in [7, 11) is 4.20. The largest absolute Gasteiger partial charge is 0.307 e. The highest BCUT2D eigenvalue weighted by molar-refractivity contribution is 5.19. The SMILES string of the molecule is Cc1nn(C)cc1C(C)NC1CCN(C)C(C)C1. The number of aryl methyl sites for hydroxylation is 2. The highest BCUT2D eigenvalue weighted by Gasteiger charge is 2.24. The van der Waals surface area contributed by atoms with Gasteiger partial charge in [-0.2, -0.15) is 5.10 Å². The van der Waals surface area contributed by atoms with Crippen LogP contribution in [-0.4, -0.2) is 40.4 Å². The van der Waals surface area contributed by atoms with Crippen molar-refractivity contribution >= 4 is 0 Å². The van der Waals surface area contributed by atoms with Crippen molar-refractivity contribution in [3.63, 3.8) is 0 Å². The summed E-state index contributed by atoms with van der Waals surface area (Å²) in [5.41, 5.74) is 2.46. The first-order valence-corrected chi connectivity index (χ1v) is 6.93. The van der Waals surface area contributed by atoms with Crippen LogP contribution in [0.5, 0.6) is 0 Å². The maximum Gasteiger partial charge on any atom is 0.0641 e. The Balaban J connectivity index is 1.95. The van der Waals surface area contributed by atoms with Crippen molar-refractivity contribution in [2.24, 2.45) is 7.05 Å². The summed E-state index contributed by atoms with van der Waals surface area (Å²) in [5, 5.41) is 8.18. The molecule has 1 aliphatic rings. The van der Waals surface area contributed by atoms with Crippen molar-refractivity contribution in [3.05, 3.63) is 17.5 Å². The van der Waals surface area contributed by atoms with Gasteiger partial charge in [0.1, 0.15) is 0 Å². The second kappa shape index (κ2) is 5.41. The van der Waals surface area contributed by atoms with E-state index in [1.165, 1.54) is 24.9 Å². The zero-order valence-electron chi connectivity index (χ0n) is 12.3. The molecule has 1 N–H and O–H groups in total. The van der Waals surface area contributed by atoms with Crippen LogP contribution >= 0.6 is 0 Å². The third-order valence-electron chi connectivity index (χ3n) is 4.21. The molecule has 0 aliphatic carbocycles. The van der Waals surface area contributed by atoms with Crippen molar-refractivity contribution in [2.75, 3.05) is 13.6 Å². The number of rotatable bonds is 3. The lowest BCUT2D eigenvalue weighted by molar-refractivity contribution is 0.163. The predicted octanol–water partition coefficient (Wildman–Crippen LogP) is 1.86. The highest BCUT2D eigenvalue weighted by atomic mass is 15.3. The molecular weight excluding hydrogens is 224 g/mol. The zero-order chi connectivity index (χ0) is 13.3. The fraction of sp³-hybridized carbons (Fsp3) is 0.786. The van der Waals surface area contributed by atoms with Gasteiger partial charge in [0.25, 0.3) is 0 Å². The van der Waals surface area contributed by atoms with Gasteiger partial charge in [-0.3, -0.25) is 4.68 Å². The van der Waals surface area contributed by atoms with E-state index in [9.17, 15) is 0 Å². The van der Waals surface area contributed by atoms with Gasteiger partial charge in [-0.05, 0) is 47.2 Å². The Bertz CT molecular complexity index is 398. The fourth-order valence-corrected chi connectivity index (χ4v) is 2.93. The number of piperidine rings is 1. The van der Waals surface area contributed by atoms with Crippen molar-refractivity contribution in [2.45, 2.75) is 51.7 Å². The Kier molecular flexibility index (Phi) is 4.07. The van der Waals surface area contributed by atoms with Gasteiger partial charge in [0.15, 0.2) is 0 Å². The van der Waals surface area contributed by atoms with Crippen LogP contribution in [-0.2, 0) is 7.05 Å². The summed E-state index contributed by atoms with van der Waals surface area (Å²) in [4.78, 5) is 2.44. The molecule has 3 unspecified atom stereocenters. The number of hydrogen-bond donors (Lipinski definition) is 1. The summed E-state index contributed by atoms with van der Waals surface area (Å²) in [5.74, 6) is 0. The van der Waals surface area contributed by atoms with E-state index < -0.39 is 0 Å². The molecule has 4 nitrogen and oxygen atoms in total. The normalized spacial score (nSPS) is 27.4. The Morgan fingerprint density at radius 1 is 1.44 bits per heavy atom. The van der Waals surface area contributed by atoms with Gasteiger partial charge < -0.3 is 10.2 Å². The van der Waals surface area contributed by atoms with Crippen LogP contribution in [0.25, 0.3) is 0 Å². The highest BCUT2D eigenvalue weighted by Crippen LogP contribution is 2.21. The van der Waals surface area contributed by atoms with Crippen molar-refractivity contribution in [3.8, 4) is 0 Å². The second-order valence-corrected chi connectivity index (χ2v) is 5.78. The minimum atomic E-state index is 0.388. The van der Waals surface area contributed by atoms with E-state index >= 15 is 0 Å². The second-order valence-electron chi connectivity index (χ2n) is 5.78. The Morgan fingerprint density at radius 3 is 2.72 bits per heavy atom.